The third-order valence-electron chi connectivity index (χ3n) is 3.18. The average molecular weight is 249 g/mol. The highest BCUT2D eigenvalue weighted by molar-refractivity contribution is 5.53. The molecular formula is C16H15N3. The number of nitrogens with one attached hydrogen (secondary N) is 1. The SMILES string of the molecule is Cc1ccccc1Cc1nc(-c2ccccc2)n[nH]1. The first kappa shape index (κ1) is 11.7. The van der Waals surface area contributed by atoms with Crippen LogP contribution in [-0.2, 0) is 6.42 Å². The molecule has 0 aliphatic rings. The maximum atomic E-state index is 4.55. The van der Waals surface area contributed by atoms with Gasteiger partial charge in [0, 0.05) is 12.0 Å². The maximum absolute atomic E-state index is 4.55. The standard InChI is InChI=1S/C16H15N3/c1-12-7-5-6-10-14(12)11-15-17-16(19-18-15)13-8-3-2-4-9-13/h2-10H,11H2,1H3,(H,17,18,19). The summed E-state index contributed by atoms with van der Waals surface area (Å²) in [6, 6.07) is 18.3. The van der Waals surface area contributed by atoms with Crippen LogP contribution in [0, 0.1) is 6.92 Å². The minimum atomic E-state index is 0.754. The van der Waals surface area contributed by atoms with Crippen molar-refractivity contribution in [3.63, 3.8) is 0 Å². The van der Waals surface area contributed by atoms with Gasteiger partial charge in [-0.3, -0.25) is 5.10 Å². The summed E-state index contributed by atoms with van der Waals surface area (Å²) in [6.07, 6.45) is 0.784. The van der Waals surface area contributed by atoms with Crippen molar-refractivity contribution in [2.75, 3.05) is 0 Å². The zero-order valence-electron chi connectivity index (χ0n) is 10.8. The summed E-state index contributed by atoms with van der Waals surface area (Å²) in [5.41, 5.74) is 3.59. The Morgan fingerprint density at radius 1 is 0.947 bits per heavy atom. The van der Waals surface area contributed by atoms with Gasteiger partial charge in [-0.1, -0.05) is 54.6 Å². The molecular weight excluding hydrogens is 234 g/mol. The van der Waals surface area contributed by atoms with Crippen LogP contribution in [0.15, 0.2) is 54.6 Å². The number of aryl methyl sites for hydroxylation is 1. The van der Waals surface area contributed by atoms with Gasteiger partial charge in [-0.15, -0.1) is 0 Å². The van der Waals surface area contributed by atoms with Crippen LogP contribution in [0.25, 0.3) is 11.4 Å². The Balaban J connectivity index is 1.85. The van der Waals surface area contributed by atoms with E-state index < -0.39 is 0 Å². The lowest BCUT2D eigenvalue weighted by Crippen LogP contribution is -1.93. The molecule has 0 aliphatic heterocycles. The van der Waals surface area contributed by atoms with Gasteiger partial charge in [0.2, 0.25) is 0 Å². The molecule has 0 saturated heterocycles. The number of nitrogens with zero attached hydrogens (tertiary/aromatic N) is 2. The third-order valence-corrected chi connectivity index (χ3v) is 3.18. The molecule has 94 valence electrons. The van der Waals surface area contributed by atoms with E-state index in [1.807, 2.05) is 30.3 Å². The van der Waals surface area contributed by atoms with Crippen molar-refractivity contribution < 1.29 is 0 Å². The van der Waals surface area contributed by atoms with E-state index in [-0.39, 0.29) is 0 Å². The molecule has 3 rings (SSSR count). The molecule has 1 N–H and O–H groups in total. The summed E-state index contributed by atoms with van der Waals surface area (Å²) in [7, 11) is 0. The van der Waals surface area contributed by atoms with Crippen LogP contribution in [0.2, 0.25) is 0 Å². The van der Waals surface area contributed by atoms with E-state index >= 15 is 0 Å². The number of aromatic amines is 1. The van der Waals surface area contributed by atoms with E-state index in [0.717, 1.165) is 23.6 Å². The van der Waals surface area contributed by atoms with Crippen LogP contribution < -0.4 is 0 Å². The lowest BCUT2D eigenvalue weighted by molar-refractivity contribution is 0.966. The fourth-order valence-corrected chi connectivity index (χ4v) is 2.08. The average Bonchev–Trinajstić information content (AvgIpc) is 2.91. The van der Waals surface area contributed by atoms with Gasteiger partial charge in [-0.05, 0) is 18.1 Å². The Bertz CT molecular complexity index is 671. The van der Waals surface area contributed by atoms with E-state index in [1.54, 1.807) is 0 Å². The predicted molar refractivity (Wildman–Crippen MR) is 75.8 cm³/mol. The van der Waals surface area contributed by atoms with Crippen molar-refractivity contribution >= 4 is 0 Å². The number of benzene rings is 2. The van der Waals surface area contributed by atoms with Crippen LogP contribution in [0.5, 0.6) is 0 Å². The molecule has 0 spiro atoms. The van der Waals surface area contributed by atoms with Gasteiger partial charge >= 0.3 is 0 Å². The molecule has 0 bridgehead atoms. The first-order valence-corrected chi connectivity index (χ1v) is 6.34. The van der Waals surface area contributed by atoms with Crippen LogP contribution in [0.4, 0.5) is 0 Å². The Hall–Kier alpha value is -2.42. The van der Waals surface area contributed by atoms with Gasteiger partial charge in [0.25, 0.3) is 0 Å². The highest BCUT2D eigenvalue weighted by Gasteiger charge is 2.07. The second-order valence-corrected chi connectivity index (χ2v) is 4.57. The molecule has 2 aromatic carbocycles. The zero-order valence-corrected chi connectivity index (χ0v) is 10.8. The highest BCUT2D eigenvalue weighted by atomic mass is 15.2. The minimum absolute atomic E-state index is 0.754. The van der Waals surface area contributed by atoms with Crippen molar-refractivity contribution in [3.05, 3.63) is 71.5 Å². The lowest BCUT2D eigenvalue weighted by atomic mass is 10.1. The van der Waals surface area contributed by atoms with Crippen LogP contribution in [0.3, 0.4) is 0 Å². The summed E-state index contributed by atoms with van der Waals surface area (Å²) >= 11 is 0. The topological polar surface area (TPSA) is 41.6 Å². The second-order valence-electron chi connectivity index (χ2n) is 4.57. The van der Waals surface area contributed by atoms with E-state index in [9.17, 15) is 0 Å². The Labute approximate surface area is 112 Å². The summed E-state index contributed by atoms with van der Waals surface area (Å²) in [5.74, 6) is 1.65. The number of aromatic nitrogens is 3. The summed E-state index contributed by atoms with van der Waals surface area (Å²) < 4.78 is 0. The van der Waals surface area contributed by atoms with Crippen molar-refractivity contribution in [2.45, 2.75) is 13.3 Å². The van der Waals surface area contributed by atoms with E-state index in [4.69, 9.17) is 0 Å². The molecule has 3 nitrogen and oxygen atoms in total. The normalized spacial score (nSPS) is 10.6. The van der Waals surface area contributed by atoms with E-state index in [2.05, 4.69) is 46.4 Å². The van der Waals surface area contributed by atoms with Gasteiger partial charge in [0.1, 0.15) is 5.82 Å². The van der Waals surface area contributed by atoms with Gasteiger partial charge in [-0.2, -0.15) is 5.10 Å². The smallest absolute Gasteiger partial charge is 0.181 e. The van der Waals surface area contributed by atoms with Gasteiger partial charge in [-0.25, -0.2) is 4.98 Å². The van der Waals surface area contributed by atoms with Crippen molar-refractivity contribution in [3.8, 4) is 11.4 Å². The molecule has 0 amide bonds. The minimum Gasteiger partial charge on any atom is -0.262 e. The largest absolute Gasteiger partial charge is 0.262 e. The zero-order chi connectivity index (χ0) is 13.1. The van der Waals surface area contributed by atoms with Gasteiger partial charge in [0.15, 0.2) is 5.82 Å². The van der Waals surface area contributed by atoms with E-state index in [1.165, 1.54) is 11.1 Å². The number of hydrogen-bond acceptors (Lipinski definition) is 2. The molecule has 0 fully saturated rings. The highest BCUT2D eigenvalue weighted by Crippen LogP contribution is 2.16. The first-order chi connectivity index (χ1) is 9.33. The molecule has 1 aromatic heterocycles. The summed E-state index contributed by atoms with van der Waals surface area (Å²) in [5, 5.41) is 7.29. The Morgan fingerprint density at radius 2 is 1.68 bits per heavy atom. The molecule has 0 atom stereocenters. The molecule has 0 radical (unpaired) electrons. The Morgan fingerprint density at radius 3 is 2.47 bits per heavy atom. The lowest BCUT2D eigenvalue weighted by Gasteiger charge is -2.01. The number of H-pyrrole nitrogens is 1. The molecule has 3 aromatic rings. The monoisotopic (exact) mass is 249 g/mol. The molecule has 0 aliphatic carbocycles. The molecule has 1 heterocycles. The quantitative estimate of drug-likeness (QED) is 0.773. The molecule has 0 saturated carbocycles. The van der Waals surface area contributed by atoms with E-state index in [0.29, 0.717) is 0 Å². The van der Waals surface area contributed by atoms with Crippen molar-refractivity contribution in [1.29, 1.82) is 0 Å². The number of rotatable bonds is 3. The maximum Gasteiger partial charge on any atom is 0.181 e. The second kappa shape index (κ2) is 5.06. The first-order valence-electron chi connectivity index (χ1n) is 6.34. The van der Waals surface area contributed by atoms with Gasteiger partial charge < -0.3 is 0 Å². The fraction of sp³-hybridized carbons (Fsp3) is 0.125. The van der Waals surface area contributed by atoms with Crippen LogP contribution in [0.1, 0.15) is 17.0 Å². The van der Waals surface area contributed by atoms with Crippen LogP contribution >= 0.6 is 0 Å². The summed E-state index contributed by atoms with van der Waals surface area (Å²) in [4.78, 5) is 4.55. The Kier molecular flexibility index (Phi) is 3.11. The van der Waals surface area contributed by atoms with Gasteiger partial charge in [0.05, 0.1) is 0 Å². The molecule has 0 unspecified atom stereocenters. The van der Waals surface area contributed by atoms with Crippen LogP contribution in [-0.4, -0.2) is 15.2 Å². The molecule has 3 heteroatoms. The fourth-order valence-electron chi connectivity index (χ4n) is 2.08. The third kappa shape index (κ3) is 2.55. The summed E-state index contributed by atoms with van der Waals surface area (Å²) in [6.45, 7) is 2.11. The predicted octanol–water partition coefficient (Wildman–Crippen LogP) is 3.37. The number of hydrogen-bond donors (Lipinski definition) is 1. The molecule has 19 heavy (non-hydrogen) atoms. The van der Waals surface area contributed by atoms with Crippen molar-refractivity contribution in [1.82, 2.24) is 15.2 Å². The van der Waals surface area contributed by atoms with Crippen molar-refractivity contribution in [2.24, 2.45) is 0 Å².